The molecule has 0 aromatic heterocycles. The SMILES string of the molecule is COc1ccccc1CC(=O)N1CCC(NC(=O)c2cccc(N)c2)CC1. The second-order valence-corrected chi connectivity index (χ2v) is 6.74. The van der Waals surface area contributed by atoms with Gasteiger partial charge in [-0.3, -0.25) is 9.59 Å². The highest BCUT2D eigenvalue weighted by Crippen LogP contribution is 2.20. The van der Waals surface area contributed by atoms with E-state index >= 15 is 0 Å². The van der Waals surface area contributed by atoms with E-state index in [1.54, 1.807) is 31.4 Å². The lowest BCUT2D eigenvalue weighted by Gasteiger charge is -2.32. The van der Waals surface area contributed by atoms with E-state index in [4.69, 9.17) is 10.5 Å². The largest absolute Gasteiger partial charge is 0.496 e. The summed E-state index contributed by atoms with van der Waals surface area (Å²) in [5, 5.41) is 3.04. The highest BCUT2D eigenvalue weighted by Gasteiger charge is 2.24. The number of anilines is 1. The van der Waals surface area contributed by atoms with E-state index in [0.29, 0.717) is 30.8 Å². The molecule has 1 aliphatic heterocycles. The molecule has 3 rings (SSSR count). The number of hydrogen-bond acceptors (Lipinski definition) is 4. The number of nitrogens with one attached hydrogen (secondary N) is 1. The monoisotopic (exact) mass is 367 g/mol. The molecule has 0 radical (unpaired) electrons. The minimum absolute atomic E-state index is 0.0641. The lowest BCUT2D eigenvalue weighted by Crippen LogP contribution is -2.47. The lowest BCUT2D eigenvalue weighted by molar-refractivity contribution is -0.131. The molecule has 142 valence electrons. The van der Waals surface area contributed by atoms with Crippen LogP contribution < -0.4 is 15.8 Å². The Bertz CT molecular complexity index is 814. The van der Waals surface area contributed by atoms with E-state index < -0.39 is 0 Å². The van der Waals surface area contributed by atoms with Crippen LogP contribution in [0.4, 0.5) is 5.69 Å². The maximum Gasteiger partial charge on any atom is 0.251 e. The number of para-hydroxylation sites is 1. The van der Waals surface area contributed by atoms with Gasteiger partial charge in [0.2, 0.25) is 5.91 Å². The van der Waals surface area contributed by atoms with E-state index in [-0.39, 0.29) is 17.9 Å². The van der Waals surface area contributed by atoms with Gasteiger partial charge in [-0.15, -0.1) is 0 Å². The van der Waals surface area contributed by atoms with Crippen molar-refractivity contribution in [3.63, 3.8) is 0 Å². The van der Waals surface area contributed by atoms with E-state index in [1.807, 2.05) is 29.2 Å². The normalized spacial score (nSPS) is 14.6. The van der Waals surface area contributed by atoms with Crippen LogP contribution in [0.2, 0.25) is 0 Å². The van der Waals surface area contributed by atoms with Crippen molar-refractivity contribution in [1.29, 1.82) is 0 Å². The number of rotatable bonds is 5. The number of carbonyl (C=O) groups is 2. The molecular formula is C21H25N3O3. The van der Waals surface area contributed by atoms with Crippen molar-refractivity contribution in [2.45, 2.75) is 25.3 Å². The Labute approximate surface area is 159 Å². The second kappa shape index (κ2) is 8.58. The smallest absolute Gasteiger partial charge is 0.251 e. The third-order valence-electron chi connectivity index (χ3n) is 4.87. The average molecular weight is 367 g/mol. The second-order valence-electron chi connectivity index (χ2n) is 6.74. The molecule has 1 saturated heterocycles. The molecule has 0 bridgehead atoms. The minimum Gasteiger partial charge on any atom is -0.496 e. The number of ether oxygens (including phenoxy) is 1. The van der Waals surface area contributed by atoms with Crippen LogP contribution in [-0.4, -0.2) is 43.0 Å². The Morgan fingerprint density at radius 2 is 1.89 bits per heavy atom. The molecule has 6 nitrogen and oxygen atoms in total. The van der Waals surface area contributed by atoms with Crippen LogP contribution in [0.3, 0.4) is 0 Å². The first-order valence-electron chi connectivity index (χ1n) is 9.13. The first-order valence-corrected chi connectivity index (χ1v) is 9.13. The maximum atomic E-state index is 12.6. The summed E-state index contributed by atoms with van der Waals surface area (Å²) in [5.74, 6) is 0.691. The zero-order valence-electron chi connectivity index (χ0n) is 15.5. The predicted molar refractivity (Wildman–Crippen MR) is 105 cm³/mol. The van der Waals surface area contributed by atoms with Crippen LogP contribution in [0.5, 0.6) is 5.75 Å². The van der Waals surface area contributed by atoms with Crippen LogP contribution in [0.1, 0.15) is 28.8 Å². The van der Waals surface area contributed by atoms with Crippen molar-refractivity contribution in [2.24, 2.45) is 0 Å². The summed E-state index contributed by atoms with van der Waals surface area (Å²) in [7, 11) is 1.61. The quantitative estimate of drug-likeness (QED) is 0.794. The van der Waals surface area contributed by atoms with Crippen molar-refractivity contribution in [3.8, 4) is 5.75 Å². The highest BCUT2D eigenvalue weighted by molar-refractivity contribution is 5.95. The number of nitrogen functional groups attached to an aromatic ring is 1. The summed E-state index contributed by atoms with van der Waals surface area (Å²) in [6, 6.07) is 14.6. The highest BCUT2D eigenvalue weighted by atomic mass is 16.5. The van der Waals surface area contributed by atoms with Crippen molar-refractivity contribution < 1.29 is 14.3 Å². The molecule has 2 amide bonds. The van der Waals surface area contributed by atoms with E-state index in [0.717, 1.165) is 24.2 Å². The Balaban J connectivity index is 1.51. The van der Waals surface area contributed by atoms with Crippen LogP contribution in [-0.2, 0) is 11.2 Å². The molecule has 0 atom stereocenters. The van der Waals surface area contributed by atoms with Crippen LogP contribution in [0, 0.1) is 0 Å². The van der Waals surface area contributed by atoms with E-state index in [9.17, 15) is 9.59 Å². The first-order chi connectivity index (χ1) is 13.1. The molecule has 1 fully saturated rings. The molecule has 0 unspecified atom stereocenters. The van der Waals surface area contributed by atoms with Crippen molar-refractivity contribution in [2.75, 3.05) is 25.9 Å². The van der Waals surface area contributed by atoms with Gasteiger partial charge in [-0.2, -0.15) is 0 Å². The zero-order valence-corrected chi connectivity index (χ0v) is 15.5. The van der Waals surface area contributed by atoms with E-state index in [2.05, 4.69) is 5.32 Å². The average Bonchev–Trinajstić information content (AvgIpc) is 2.69. The topological polar surface area (TPSA) is 84.7 Å². The number of methoxy groups -OCH3 is 1. The standard InChI is InChI=1S/C21H25N3O3/c1-27-19-8-3-2-5-15(19)14-20(25)24-11-9-18(10-12-24)23-21(26)16-6-4-7-17(22)13-16/h2-8,13,18H,9-12,14,22H2,1H3,(H,23,26). The van der Waals surface area contributed by atoms with Gasteiger partial charge in [0.25, 0.3) is 5.91 Å². The Morgan fingerprint density at radius 1 is 1.15 bits per heavy atom. The summed E-state index contributed by atoms with van der Waals surface area (Å²) in [5.41, 5.74) is 7.75. The lowest BCUT2D eigenvalue weighted by atomic mass is 10.0. The predicted octanol–water partition coefficient (Wildman–Crippen LogP) is 2.24. The van der Waals surface area contributed by atoms with Crippen molar-refractivity contribution in [3.05, 3.63) is 59.7 Å². The third-order valence-corrected chi connectivity index (χ3v) is 4.87. The molecule has 27 heavy (non-hydrogen) atoms. The number of hydrogen-bond donors (Lipinski definition) is 2. The fourth-order valence-corrected chi connectivity index (χ4v) is 3.35. The molecule has 1 aliphatic rings. The number of nitrogens with zero attached hydrogens (tertiary/aromatic N) is 1. The van der Waals surface area contributed by atoms with Gasteiger partial charge in [0.15, 0.2) is 0 Å². The van der Waals surface area contributed by atoms with Crippen LogP contribution >= 0.6 is 0 Å². The first kappa shape index (κ1) is 18.8. The summed E-state index contributed by atoms with van der Waals surface area (Å²) < 4.78 is 5.32. The summed E-state index contributed by atoms with van der Waals surface area (Å²) in [6.45, 7) is 1.27. The zero-order chi connectivity index (χ0) is 19.2. The third kappa shape index (κ3) is 4.78. The maximum absolute atomic E-state index is 12.6. The van der Waals surface area contributed by atoms with Crippen LogP contribution in [0.25, 0.3) is 0 Å². The van der Waals surface area contributed by atoms with Gasteiger partial charge in [-0.05, 0) is 37.1 Å². The number of nitrogens with two attached hydrogens (primary N) is 1. The number of piperidine rings is 1. The van der Waals surface area contributed by atoms with Crippen molar-refractivity contribution in [1.82, 2.24) is 10.2 Å². The molecule has 2 aromatic rings. The van der Waals surface area contributed by atoms with E-state index in [1.165, 1.54) is 0 Å². The number of likely N-dealkylation sites (tertiary alicyclic amines) is 1. The molecule has 3 N–H and O–H groups in total. The van der Waals surface area contributed by atoms with Crippen LogP contribution in [0.15, 0.2) is 48.5 Å². The van der Waals surface area contributed by atoms with Gasteiger partial charge in [-0.25, -0.2) is 0 Å². The van der Waals surface area contributed by atoms with Gasteiger partial charge in [0.05, 0.1) is 13.5 Å². The van der Waals surface area contributed by atoms with Gasteiger partial charge in [0.1, 0.15) is 5.75 Å². The molecule has 2 aromatic carbocycles. The van der Waals surface area contributed by atoms with Gasteiger partial charge in [0, 0.05) is 35.9 Å². The molecule has 1 heterocycles. The van der Waals surface area contributed by atoms with Gasteiger partial charge >= 0.3 is 0 Å². The minimum atomic E-state index is -0.124. The Kier molecular flexibility index (Phi) is 5.96. The number of benzene rings is 2. The molecule has 0 spiro atoms. The summed E-state index contributed by atoms with van der Waals surface area (Å²) >= 11 is 0. The molecule has 0 saturated carbocycles. The van der Waals surface area contributed by atoms with Gasteiger partial charge in [-0.1, -0.05) is 24.3 Å². The summed E-state index contributed by atoms with van der Waals surface area (Å²) in [4.78, 5) is 26.8. The fraction of sp³-hybridized carbons (Fsp3) is 0.333. The molecular weight excluding hydrogens is 342 g/mol. The van der Waals surface area contributed by atoms with Gasteiger partial charge < -0.3 is 20.7 Å². The fourth-order valence-electron chi connectivity index (χ4n) is 3.35. The molecule has 6 heteroatoms. The number of amides is 2. The number of carbonyl (C=O) groups excluding carboxylic acids is 2. The molecule has 0 aliphatic carbocycles. The summed E-state index contributed by atoms with van der Waals surface area (Å²) in [6.07, 6.45) is 1.81. The Morgan fingerprint density at radius 3 is 2.59 bits per heavy atom. The Hall–Kier alpha value is -3.02. The van der Waals surface area contributed by atoms with Crippen molar-refractivity contribution >= 4 is 17.5 Å².